The van der Waals surface area contributed by atoms with Gasteiger partial charge in [0.15, 0.2) is 0 Å². The third-order valence-corrected chi connectivity index (χ3v) is 3.35. The number of carbonyl (C=O) groups excluding carboxylic acids is 1. The predicted octanol–water partition coefficient (Wildman–Crippen LogP) is 3.99. The molecule has 2 aromatic rings. The van der Waals surface area contributed by atoms with E-state index in [-0.39, 0.29) is 0 Å². The van der Waals surface area contributed by atoms with Crippen molar-refractivity contribution < 1.29 is 4.79 Å². The van der Waals surface area contributed by atoms with E-state index in [0.29, 0.717) is 6.42 Å². The second-order valence-corrected chi connectivity index (χ2v) is 4.86. The fourth-order valence-corrected chi connectivity index (χ4v) is 2.24. The maximum atomic E-state index is 10.3. The lowest BCUT2D eigenvalue weighted by atomic mass is 10.0. The van der Waals surface area contributed by atoms with E-state index in [1.807, 2.05) is 0 Å². The zero-order valence-electron chi connectivity index (χ0n) is 11.2. The van der Waals surface area contributed by atoms with Gasteiger partial charge < -0.3 is 4.79 Å². The zero-order valence-corrected chi connectivity index (χ0v) is 11.2. The van der Waals surface area contributed by atoms with Gasteiger partial charge in [-0.15, -0.1) is 0 Å². The number of aryl methyl sites for hydroxylation is 3. The van der Waals surface area contributed by atoms with Crippen molar-refractivity contribution in [3.63, 3.8) is 0 Å². The molecule has 0 aromatic heterocycles. The van der Waals surface area contributed by atoms with Crippen molar-refractivity contribution in [2.24, 2.45) is 0 Å². The Bertz CT molecular complexity index is 485. The van der Waals surface area contributed by atoms with E-state index in [4.69, 9.17) is 0 Å². The van der Waals surface area contributed by atoms with Crippen LogP contribution >= 0.6 is 0 Å². The van der Waals surface area contributed by atoms with Crippen LogP contribution < -0.4 is 0 Å². The Morgan fingerprint density at radius 2 is 1.21 bits per heavy atom. The summed E-state index contributed by atoms with van der Waals surface area (Å²) in [6, 6.07) is 19.3. The van der Waals surface area contributed by atoms with Gasteiger partial charge in [0.25, 0.3) is 0 Å². The predicted molar refractivity (Wildman–Crippen MR) is 79.3 cm³/mol. The van der Waals surface area contributed by atoms with E-state index in [0.717, 1.165) is 25.5 Å². The molecular weight excluding hydrogens is 232 g/mol. The third kappa shape index (κ3) is 4.70. The summed E-state index contributed by atoms with van der Waals surface area (Å²) in [4.78, 5) is 10.3. The van der Waals surface area contributed by atoms with E-state index in [1.165, 1.54) is 23.1 Å². The molecule has 0 saturated heterocycles. The molecule has 0 heterocycles. The molecule has 0 atom stereocenters. The highest BCUT2D eigenvalue weighted by Gasteiger charge is 1.97. The average molecular weight is 252 g/mol. The van der Waals surface area contributed by atoms with Gasteiger partial charge in [0.05, 0.1) is 0 Å². The van der Waals surface area contributed by atoms with Crippen LogP contribution in [0.15, 0.2) is 54.6 Å². The monoisotopic (exact) mass is 252 g/mol. The van der Waals surface area contributed by atoms with Gasteiger partial charge in [-0.25, -0.2) is 0 Å². The second kappa shape index (κ2) is 7.52. The normalized spacial score (nSPS) is 10.3. The van der Waals surface area contributed by atoms with Crippen molar-refractivity contribution >= 4 is 6.29 Å². The molecule has 1 heteroatoms. The third-order valence-electron chi connectivity index (χ3n) is 3.35. The van der Waals surface area contributed by atoms with E-state index in [1.54, 1.807) is 0 Å². The molecule has 0 bridgehead atoms. The van der Waals surface area contributed by atoms with Crippen LogP contribution in [0.3, 0.4) is 0 Å². The summed E-state index contributed by atoms with van der Waals surface area (Å²) in [6.45, 7) is 0. The number of carbonyl (C=O) groups is 1. The largest absolute Gasteiger partial charge is 0.303 e. The molecule has 0 spiro atoms. The Kier molecular flexibility index (Phi) is 5.36. The van der Waals surface area contributed by atoms with Gasteiger partial charge in [-0.05, 0) is 42.4 Å². The average Bonchev–Trinajstić information content (AvgIpc) is 2.47. The Hall–Kier alpha value is -1.89. The molecule has 0 amide bonds. The van der Waals surface area contributed by atoms with Gasteiger partial charge in [-0.2, -0.15) is 0 Å². The SMILES string of the molecule is O=CCCc1ccc(CCCc2ccccc2)cc1. The van der Waals surface area contributed by atoms with Gasteiger partial charge in [-0.1, -0.05) is 54.6 Å². The highest BCUT2D eigenvalue weighted by molar-refractivity contribution is 5.50. The highest BCUT2D eigenvalue weighted by atomic mass is 16.1. The molecule has 19 heavy (non-hydrogen) atoms. The van der Waals surface area contributed by atoms with Crippen molar-refractivity contribution in [3.05, 3.63) is 71.3 Å². The Morgan fingerprint density at radius 3 is 1.79 bits per heavy atom. The number of hydrogen-bond acceptors (Lipinski definition) is 1. The van der Waals surface area contributed by atoms with Crippen molar-refractivity contribution in [3.8, 4) is 0 Å². The number of rotatable bonds is 7. The molecule has 0 saturated carbocycles. The van der Waals surface area contributed by atoms with Gasteiger partial charge in [0, 0.05) is 6.42 Å². The first-order chi connectivity index (χ1) is 9.38. The summed E-state index contributed by atoms with van der Waals surface area (Å²) in [7, 11) is 0. The zero-order chi connectivity index (χ0) is 13.3. The maximum absolute atomic E-state index is 10.3. The molecule has 0 radical (unpaired) electrons. The summed E-state index contributed by atoms with van der Waals surface area (Å²) in [5, 5.41) is 0. The molecule has 0 aliphatic carbocycles. The van der Waals surface area contributed by atoms with Gasteiger partial charge in [-0.3, -0.25) is 0 Å². The fraction of sp³-hybridized carbons (Fsp3) is 0.278. The molecule has 0 aliphatic rings. The Labute approximate surface area is 115 Å². The molecule has 2 aromatic carbocycles. The van der Waals surface area contributed by atoms with Crippen LogP contribution in [0.5, 0.6) is 0 Å². The number of aldehydes is 1. The van der Waals surface area contributed by atoms with Crippen molar-refractivity contribution in [1.29, 1.82) is 0 Å². The summed E-state index contributed by atoms with van der Waals surface area (Å²) >= 11 is 0. The lowest BCUT2D eigenvalue weighted by molar-refractivity contribution is -0.107. The lowest BCUT2D eigenvalue weighted by Gasteiger charge is -2.04. The van der Waals surface area contributed by atoms with E-state index >= 15 is 0 Å². The van der Waals surface area contributed by atoms with Crippen LogP contribution in [0, 0.1) is 0 Å². The quantitative estimate of drug-likeness (QED) is 0.681. The van der Waals surface area contributed by atoms with Crippen LogP contribution in [0.25, 0.3) is 0 Å². The molecule has 0 N–H and O–H groups in total. The van der Waals surface area contributed by atoms with Crippen molar-refractivity contribution in [2.45, 2.75) is 32.1 Å². The fourth-order valence-electron chi connectivity index (χ4n) is 2.24. The second-order valence-electron chi connectivity index (χ2n) is 4.86. The lowest BCUT2D eigenvalue weighted by Crippen LogP contribution is -1.91. The summed E-state index contributed by atoms with van der Waals surface area (Å²) in [6.07, 6.45) is 5.88. The standard InChI is InChI=1S/C18H20O/c19-15-5-10-18-13-11-17(12-14-18)9-4-8-16-6-2-1-3-7-16/h1-3,6-7,11-15H,4-5,8-10H2. The van der Waals surface area contributed by atoms with Crippen LogP contribution in [-0.2, 0) is 24.1 Å². The molecular formula is C18H20O. The smallest absolute Gasteiger partial charge is 0.120 e. The summed E-state index contributed by atoms with van der Waals surface area (Å²) in [5.41, 5.74) is 4.04. The van der Waals surface area contributed by atoms with Gasteiger partial charge in [0.2, 0.25) is 0 Å². The van der Waals surface area contributed by atoms with E-state index in [2.05, 4.69) is 54.6 Å². The minimum Gasteiger partial charge on any atom is -0.303 e. The number of benzene rings is 2. The number of hydrogen-bond donors (Lipinski definition) is 0. The Balaban J connectivity index is 1.78. The molecule has 2 rings (SSSR count). The molecule has 1 nitrogen and oxygen atoms in total. The van der Waals surface area contributed by atoms with E-state index in [9.17, 15) is 4.79 Å². The first-order valence-electron chi connectivity index (χ1n) is 6.94. The maximum Gasteiger partial charge on any atom is 0.120 e. The molecule has 0 aliphatic heterocycles. The molecule has 98 valence electrons. The highest BCUT2D eigenvalue weighted by Crippen LogP contribution is 2.10. The molecule has 0 unspecified atom stereocenters. The van der Waals surface area contributed by atoms with Crippen LogP contribution in [-0.4, -0.2) is 6.29 Å². The summed E-state index contributed by atoms with van der Waals surface area (Å²) in [5.74, 6) is 0. The van der Waals surface area contributed by atoms with Crippen LogP contribution in [0.4, 0.5) is 0 Å². The van der Waals surface area contributed by atoms with Crippen LogP contribution in [0.2, 0.25) is 0 Å². The van der Waals surface area contributed by atoms with Crippen LogP contribution in [0.1, 0.15) is 29.5 Å². The Morgan fingerprint density at radius 1 is 0.684 bits per heavy atom. The first kappa shape index (κ1) is 13.5. The first-order valence-corrected chi connectivity index (χ1v) is 6.94. The van der Waals surface area contributed by atoms with Crippen molar-refractivity contribution in [1.82, 2.24) is 0 Å². The van der Waals surface area contributed by atoms with Gasteiger partial charge in [0.1, 0.15) is 6.29 Å². The van der Waals surface area contributed by atoms with Gasteiger partial charge >= 0.3 is 0 Å². The van der Waals surface area contributed by atoms with E-state index < -0.39 is 0 Å². The molecule has 0 fully saturated rings. The van der Waals surface area contributed by atoms with Crippen molar-refractivity contribution in [2.75, 3.05) is 0 Å². The topological polar surface area (TPSA) is 17.1 Å². The summed E-state index contributed by atoms with van der Waals surface area (Å²) < 4.78 is 0. The minimum absolute atomic E-state index is 0.618. The minimum atomic E-state index is 0.618.